The van der Waals surface area contributed by atoms with Crippen LogP contribution in [0.4, 0.5) is 0 Å². The second kappa shape index (κ2) is 6.70. The predicted octanol–water partition coefficient (Wildman–Crippen LogP) is 2.80. The van der Waals surface area contributed by atoms with Gasteiger partial charge in [0.15, 0.2) is 0 Å². The maximum Gasteiger partial charge on any atom is 0.0829 e. The van der Waals surface area contributed by atoms with E-state index in [1.54, 1.807) is 0 Å². The first kappa shape index (κ1) is 15.5. The van der Waals surface area contributed by atoms with Gasteiger partial charge in [0.25, 0.3) is 0 Å². The second-order valence-corrected chi connectivity index (χ2v) is 7.22. The third kappa shape index (κ3) is 4.30. The molecule has 0 spiro atoms. The summed E-state index contributed by atoms with van der Waals surface area (Å²) >= 11 is 0. The zero-order valence-electron chi connectivity index (χ0n) is 13.5. The smallest absolute Gasteiger partial charge is 0.0829 e. The molecule has 20 heavy (non-hydrogen) atoms. The van der Waals surface area contributed by atoms with Gasteiger partial charge in [-0.2, -0.15) is 0 Å². The van der Waals surface area contributed by atoms with Gasteiger partial charge in [-0.25, -0.2) is 0 Å². The Balaban J connectivity index is 1.98. The van der Waals surface area contributed by atoms with Gasteiger partial charge in [0, 0.05) is 13.2 Å². The van der Waals surface area contributed by atoms with Crippen LogP contribution in [0.1, 0.15) is 52.1 Å². The minimum absolute atomic E-state index is 0.480. The lowest BCUT2D eigenvalue weighted by Crippen LogP contribution is -2.37. The third-order valence-electron chi connectivity index (χ3n) is 4.63. The third-order valence-corrected chi connectivity index (χ3v) is 4.63. The number of hydrogen-bond acceptors (Lipinski definition) is 3. The summed E-state index contributed by atoms with van der Waals surface area (Å²) in [6, 6.07) is 0. The van der Waals surface area contributed by atoms with E-state index in [0.29, 0.717) is 5.41 Å². The number of hydrogen-bond donors (Lipinski definition) is 1. The molecular formula is C16H30N4. The standard InChI is InChI=1S/C16H30N4/c1-5-8-17-11-13-6-7-16(2,3)10-14(13)9-15-12-20(4)19-18-15/h12-14,17H,5-11H2,1-4H3. The Morgan fingerprint density at radius 2 is 2.20 bits per heavy atom. The van der Waals surface area contributed by atoms with E-state index in [-0.39, 0.29) is 0 Å². The second-order valence-electron chi connectivity index (χ2n) is 7.22. The molecule has 4 nitrogen and oxygen atoms in total. The molecule has 114 valence electrons. The molecule has 0 aliphatic heterocycles. The van der Waals surface area contributed by atoms with Gasteiger partial charge in [-0.05, 0) is 62.4 Å². The fourth-order valence-electron chi connectivity index (χ4n) is 3.52. The molecular weight excluding hydrogens is 248 g/mol. The summed E-state index contributed by atoms with van der Waals surface area (Å²) in [7, 11) is 1.95. The summed E-state index contributed by atoms with van der Waals surface area (Å²) in [6.07, 6.45) is 8.36. The van der Waals surface area contributed by atoms with Gasteiger partial charge in [-0.15, -0.1) is 5.10 Å². The van der Waals surface area contributed by atoms with E-state index < -0.39 is 0 Å². The van der Waals surface area contributed by atoms with Crippen molar-refractivity contribution in [1.82, 2.24) is 20.3 Å². The van der Waals surface area contributed by atoms with E-state index in [1.807, 2.05) is 11.7 Å². The zero-order chi connectivity index (χ0) is 14.6. The predicted molar refractivity (Wildman–Crippen MR) is 82.5 cm³/mol. The molecule has 2 unspecified atom stereocenters. The molecule has 1 fully saturated rings. The molecule has 0 radical (unpaired) electrons. The van der Waals surface area contributed by atoms with E-state index in [9.17, 15) is 0 Å². The monoisotopic (exact) mass is 278 g/mol. The Hall–Kier alpha value is -0.900. The van der Waals surface area contributed by atoms with Gasteiger partial charge in [0.2, 0.25) is 0 Å². The quantitative estimate of drug-likeness (QED) is 0.814. The van der Waals surface area contributed by atoms with E-state index in [1.165, 1.54) is 25.7 Å². The number of aromatic nitrogens is 3. The van der Waals surface area contributed by atoms with Crippen LogP contribution in [-0.4, -0.2) is 28.1 Å². The van der Waals surface area contributed by atoms with E-state index in [2.05, 4.69) is 42.6 Å². The summed E-state index contributed by atoms with van der Waals surface area (Å²) < 4.78 is 1.81. The SMILES string of the molecule is CCCNCC1CCC(C)(C)CC1Cc1cn(C)nn1. The molecule has 1 N–H and O–H groups in total. The molecule has 1 heterocycles. The number of aryl methyl sites for hydroxylation is 1. The molecule has 0 amide bonds. The molecule has 0 bridgehead atoms. The first-order valence-corrected chi connectivity index (χ1v) is 8.06. The molecule has 1 aromatic rings. The van der Waals surface area contributed by atoms with Crippen LogP contribution in [0.3, 0.4) is 0 Å². The number of nitrogens with zero attached hydrogens (tertiary/aromatic N) is 3. The molecule has 1 saturated carbocycles. The Morgan fingerprint density at radius 1 is 1.40 bits per heavy atom. The van der Waals surface area contributed by atoms with Crippen LogP contribution in [0.2, 0.25) is 0 Å². The van der Waals surface area contributed by atoms with E-state index in [0.717, 1.165) is 37.0 Å². The highest BCUT2D eigenvalue weighted by Crippen LogP contribution is 2.42. The summed E-state index contributed by atoms with van der Waals surface area (Å²) in [5, 5.41) is 12.0. The van der Waals surface area contributed by atoms with Crippen LogP contribution in [-0.2, 0) is 13.5 Å². The Bertz CT molecular complexity index is 410. The van der Waals surface area contributed by atoms with Crippen molar-refractivity contribution >= 4 is 0 Å². The molecule has 0 saturated heterocycles. The van der Waals surface area contributed by atoms with Gasteiger partial charge in [-0.1, -0.05) is 26.0 Å². The fraction of sp³-hybridized carbons (Fsp3) is 0.875. The summed E-state index contributed by atoms with van der Waals surface area (Å²) in [5.41, 5.74) is 1.63. The first-order chi connectivity index (χ1) is 9.50. The van der Waals surface area contributed by atoms with Crippen LogP contribution < -0.4 is 5.32 Å². The average molecular weight is 278 g/mol. The highest BCUT2D eigenvalue weighted by Gasteiger charge is 2.34. The number of rotatable bonds is 6. The van der Waals surface area contributed by atoms with Gasteiger partial charge >= 0.3 is 0 Å². The van der Waals surface area contributed by atoms with Gasteiger partial charge in [0.1, 0.15) is 0 Å². The molecule has 2 rings (SSSR count). The van der Waals surface area contributed by atoms with Gasteiger partial charge in [0.05, 0.1) is 5.69 Å². The van der Waals surface area contributed by atoms with Gasteiger partial charge in [-0.3, -0.25) is 4.68 Å². The van der Waals surface area contributed by atoms with Crippen molar-refractivity contribution in [3.63, 3.8) is 0 Å². The Kier molecular flexibility index (Phi) is 5.19. The lowest BCUT2D eigenvalue weighted by Gasteiger charge is -2.41. The topological polar surface area (TPSA) is 42.7 Å². The molecule has 2 atom stereocenters. The Labute approximate surface area is 123 Å². The first-order valence-electron chi connectivity index (χ1n) is 8.06. The molecule has 0 aromatic carbocycles. The maximum absolute atomic E-state index is 4.28. The highest BCUT2D eigenvalue weighted by atomic mass is 15.4. The lowest BCUT2D eigenvalue weighted by atomic mass is 9.66. The van der Waals surface area contributed by atoms with Crippen molar-refractivity contribution in [1.29, 1.82) is 0 Å². The van der Waals surface area contributed by atoms with Crippen LogP contribution in [0.5, 0.6) is 0 Å². The minimum atomic E-state index is 0.480. The van der Waals surface area contributed by atoms with Crippen molar-refractivity contribution in [2.75, 3.05) is 13.1 Å². The summed E-state index contributed by atoms with van der Waals surface area (Å²) in [4.78, 5) is 0. The zero-order valence-corrected chi connectivity index (χ0v) is 13.5. The van der Waals surface area contributed by atoms with Crippen molar-refractivity contribution in [3.05, 3.63) is 11.9 Å². The minimum Gasteiger partial charge on any atom is -0.316 e. The molecule has 1 aromatic heterocycles. The van der Waals surface area contributed by atoms with Crippen LogP contribution in [0.15, 0.2) is 6.20 Å². The molecule has 1 aliphatic rings. The van der Waals surface area contributed by atoms with E-state index >= 15 is 0 Å². The summed E-state index contributed by atoms with van der Waals surface area (Å²) in [5.74, 6) is 1.52. The van der Waals surface area contributed by atoms with Crippen molar-refractivity contribution in [2.24, 2.45) is 24.3 Å². The summed E-state index contributed by atoms with van der Waals surface area (Å²) in [6.45, 7) is 9.35. The van der Waals surface area contributed by atoms with Crippen LogP contribution in [0, 0.1) is 17.3 Å². The lowest BCUT2D eigenvalue weighted by molar-refractivity contribution is 0.115. The van der Waals surface area contributed by atoms with Crippen molar-refractivity contribution in [3.8, 4) is 0 Å². The van der Waals surface area contributed by atoms with E-state index in [4.69, 9.17) is 0 Å². The Morgan fingerprint density at radius 3 is 2.85 bits per heavy atom. The maximum atomic E-state index is 4.28. The largest absolute Gasteiger partial charge is 0.316 e. The average Bonchev–Trinajstić information content (AvgIpc) is 2.77. The number of nitrogens with one attached hydrogen (secondary N) is 1. The normalized spacial score (nSPS) is 25.8. The molecule has 1 aliphatic carbocycles. The van der Waals surface area contributed by atoms with Crippen molar-refractivity contribution in [2.45, 2.75) is 52.9 Å². The fourth-order valence-corrected chi connectivity index (χ4v) is 3.52. The molecule has 4 heteroatoms. The van der Waals surface area contributed by atoms with Crippen LogP contribution in [0.25, 0.3) is 0 Å². The highest BCUT2D eigenvalue weighted by molar-refractivity contribution is 4.98. The van der Waals surface area contributed by atoms with Gasteiger partial charge < -0.3 is 5.32 Å². The van der Waals surface area contributed by atoms with Crippen molar-refractivity contribution < 1.29 is 0 Å². The van der Waals surface area contributed by atoms with Crippen LogP contribution >= 0.6 is 0 Å².